The van der Waals surface area contributed by atoms with E-state index < -0.39 is 5.41 Å². The smallest absolute Gasteiger partial charge is 0.0713 e. The van der Waals surface area contributed by atoms with Crippen LogP contribution in [-0.2, 0) is 5.41 Å². The normalized spacial score (nSPS) is 12.5. The van der Waals surface area contributed by atoms with Crippen LogP contribution in [0.1, 0.15) is 22.3 Å². The van der Waals surface area contributed by atoms with Crippen LogP contribution in [0.4, 0.5) is 17.1 Å². The lowest BCUT2D eigenvalue weighted by atomic mass is 9.67. The molecule has 73 heavy (non-hydrogen) atoms. The van der Waals surface area contributed by atoms with Gasteiger partial charge in [0, 0.05) is 31.5 Å². The third-order valence-electron chi connectivity index (χ3n) is 15.2. The number of hydrogen-bond donors (Lipinski definition) is 0. The first-order valence-corrected chi connectivity index (χ1v) is 26.0. The van der Waals surface area contributed by atoms with Crippen LogP contribution >= 0.6 is 11.3 Å². The monoisotopic (exact) mass is 945 g/mol. The summed E-state index contributed by atoms with van der Waals surface area (Å²) in [6, 6.07) is 105. The van der Waals surface area contributed by atoms with Gasteiger partial charge in [-0.3, -0.25) is 0 Å². The first-order chi connectivity index (χ1) is 36.2. The molecule has 1 heterocycles. The maximum absolute atomic E-state index is 2.46. The van der Waals surface area contributed by atoms with E-state index >= 15 is 0 Å². The maximum atomic E-state index is 2.46. The average Bonchev–Trinajstić information content (AvgIpc) is 4.01. The SMILES string of the molecule is c1ccc(-c2ccc(N(c3ccc(-c4ccc(-c5ccc6ccccc6c5)cc4)cc3)c3ccc(-c4ccc5c(c4)C(c4ccccc4)(c4ccccc4)c4ccccc4-5)cc3)c3c2sc2ccccc23)cc1. The Bertz CT molecular complexity index is 4120. The molecular weight excluding hydrogens is 899 g/mol. The van der Waals surface area contributed by atoms with Crippen LogP contribution in [0.25, 0.3) is 86.6 Å². The molecular formula is C71H47NS. The zero-order chi connectivity index (χ0) is 48.3. The van der Waals surface area contributed by atoms with Crippen molar-refractivity contribution in [3.63, 3.8) is 0 Å². The van der Waals surface area contributed by atoms with Gasteiger partial charge in [-0.05, 0) is 137 Å². The number of nitrogens with zero attached hydrogens (tertiary/aromatic N) is 1. The van der Waals surface area contributed by atoms with Crippen molar-refractivity contribution < 1.29 is 0 Å². The van der Waals surface area contributed by atoms with Gasteiger partial charge in [-0.15, -0.1) is 11.3 Å². The Balaban J connectivity index is 0.890. The van der Waals surface area contributed by atoms with Crippen LogP contribution < -0.4 is 4.90 Å². The molecule has 0 radical (unpaired) electrons. The molecule has 0 N–H and O–H groups in total. The summed E-state index contributed by atoms with van der Waals surface area (Å²) in [7, 11) is 0. The second kappa shape index (κ2) is 17.6. The second-order valence-electron chi connectivity index (χ2n) is 19.2. The molecule has 0 saturated heterocycles. The van der Waals surface area contributed by atoms with Crippen LogP contribution in [0.15, 0.2) is 285 Å². The molecule has 1 aliphatic carbocycles. The van der Waals surface area contributed by atoms with E-state index in [2.05, 4.69) is 290 Å². The topological polar surface area (TPSA) is 3.24 Å². The molecule has 0 fully saturated rings. The minimum Gasteiger partial charge on any atom is -0.310 e. The summed E-state index contributed by atoms with van der Waals surface area (Å²) in [6.45, 7) is 0. The Hall–Kier alpha value is -9.08. The van der Waals surface area contributed by atoms with Gasteiger partial charge in [-0.25, -0.2) is 0 Å². The summed E-state index contributed by atoms with van der Waals surface area (Å²) < 4.78 is 2.56. The summed E-state index contributed by atoms with van der Waals surface area (Å²) in [6.07, 6.45) is 0. The van der Waals surface area contributed by atoms with Crippen molar-refractivity contribution in [2.24, 2.45) is 0 Å². The Morgan fingerprint density at radius 2 is 0.781 bits per heavy atom. The number of hydrogen-bond acceptors (Lipinski definition) is 2. The first kappa shape index (κ1) is 42.8. The van der Waals surface area contributed by atoms with Gasteiger partial charge in [0.25, 0.3) is 0 Å². The first-order valence-electron chi connectivity index (χ1n) is 25.1. The summed E-state index contributed by atoms with van der Waals surface area (Å²) in [5.74, 6) is 0. The van der Waals surface area contributed by atoms with Crippen molar-refractivity contribution in [3.8, 4) is 55.6 Å². The number of anilines is 3. The van der Waals surface area contributed by atoms with Gasteiger partial charge in [0.1, 0.15) is 0 Å². The third kappa shape index (κ3) is 7.13. The highest BCUT2D eigenvalue weighted by atomic mass is 32.1. The molecule has 13 aromatic rings. The molecule has 2 heteroatoms. The van der Waals surface area contributed by atoms with E-state index in [1.165, 1.54) is 109 Å². The molecule has 0 amide bonds. The highest BCUT2D eigenvalue weighted by Crippen LogP contribution is 2.57. The van der Waals surface area contributed by atoms with Crippen molar-refractivity contribution in [2.45, 2.75) is 5.41 Å². The van der Waals surface area contributed by atoms with E-state index in [4.69, 9.17) is 0 Å². The quantitative estimate of drug-likeness (QED) is 0.139. The summed E-state index contributed by atoms with van der Waals surface area (Å²) in [5, 5.41) is 5.03. The molecule has 14 rings (SSSR count). The average molecular weight is 946 g/mol. The number of fused-ring (bicyclic) bond motifs is 7. The van der Waals surface area contributed by atoms with Gasteiger partial charge in [0.05, 0.1) is 11.1 Å². The Morgan fingerprint density at radius 3 is 1.45 bits per heavy atom. The molecule has 0 aliphatic heterocycles. The van der Waals surface area contributed by atoms with Crippen LogP contribution in [0, 0.1) is 0 Å². The fourth-order valence-corrected chi connectivity index (χ4v) is 13.0. The molecule has 0 bridgehead atoms. The van der Waals surface area contributed by atoms with Crippen LogP contribution in [0.3, 0.4) is 0 Å². The van der Waals surface area contributed by atoms with E-state index in [0.29, 0.717) is 0 Å². The fraction of sp³-hybridized carbons (Fsp3) is 0.0141. The molecule has 0 saturated carbocycles. The van der Waals surface area contributed by atoms with Crippen LogP contribution in [0.2, 0.25) is 0 Å². The number of thiophene rings is 1. The van der Waals surface area contributed by atoms with Crippen molar-refractivity contribution in [1.82, 2.24) is 0 Å². The van der Waals surface area contributed by atoms with Gasteiger partial charge in [0.15, 0.2) is 0 Å². The van der Waals surface area contributed by atoms with E-state index in [0.717, 1.165) is 17.1 Å². The van der Waals surface area contributed by atoms with Crippen LogP contribution in [0.5, 0.6) is 0 Å². The van der Waals surface area contributed by atoms with E-state index in [9.17, 15) is 0 Å². The van der Waals surface area contributed by atoms with Gasteiger partial charge < -0.3 is 4.90 Å². The summed E-state index contributed by atoms with van der Waals surface area (Å²) in [5.41, 5.74) is 20.2. The molecule has 1 aromatic heterocycles. The molecule has 0 atom stereocenters. The lowest BCUT2D eigenvalue weighted by Gasteiger charge is -2.34. The highest BCUT2D eigenvalue weighted by Gasteiger charge is 2.46. The zero-order valence-corrected chi connectivity index (χ0v) is 40.8. The van der Waals surface area contributed by atoms with Crippen molar-refractivity contribution in [2.75, 3.05) is 4.90 Å². The van der Waals surface area contributed by atoms with Crippen LogP contribution in [-0.4, -0.2) is 0 Å². The molecule has 342 valence electrons. The Labute approximate surface area is 430 Å². The highest BCUT2D eigenvalue weighted by molar-refractivity contribution is 7.26. The molecule has 1 nitrogen and oxygen atoms in total. The Morgan fingerprint density at radius 1 is 0.301 bits per heavy atom. The minimum absolute atomic E-state index is 0.465. The number of rotatable bonds is 9. The van der Waals surface area contributed by atoms with Gasteiger partial charge >= 0.3 is 0 Å². The molecule has 0 unspecified atom stereocenters. The second-order valence-corrected chi connectivity index (χ2v) is 20.2. The zero-order valence-electron chi connectivity index (χ0n) is 40.0. The lowest BCUT2D eigenvalue weighted by Crippen LogP contribution is -2.28. The van der Waals surface area contributed by atoms with Gasteiger partial charge in [0.2, 0.25) is 0 Å². The van der Waals surface area contributed by atoms with E-state index in [-0.39, 0.29) is 0 Å². The van der Waals surface area contributed by atoms with Crippen molar-refractivity contribution in [1.29, 1.82) is 0 Å². The van der Waals surface area contributed by atoms with E-state index in [1.54, 1.807) is 0 Å². The predicted molar refractivity (Wildman–Crippen MR) is 311 cm³/mol. The van der Waals surface area contributed by atoms with Gasteiger partial charge in [-0.1, -0.05) is 237 Å². The maximum Gasteiger partial charge on any atom is 0.0713 e. The van der Waals surface area contributed by atoms with Crippen molar-refractivity contribution in [3.05, 3.63) is 307 Å². The Kier molecular flexibility index (Phi) is 10.3. The standard InChI is InChI=1S/C71H47NS/c1-4-17-53(18-5-1)61-44-45-67(69-64-25-13-15-27-68(64)73-70(61)69)72(59-39-34-50(35-40-59)49-28-30-51(31-29-49)55-33-32-48-16-10-11-19-54(48)46-55)60-41-36-52(37-42-60)56-38-43-63-62-24-12-14-26-65(62)71(66(63)47-56,57-20-6-2-7-21-57)58-22-8-3-9-23-58/h1-47H. The van der Waals surface area contributed by atoms with Gasteiger partial charge in [-0.2, -0.15) is 0 Å². The largest absolute Gasteiger partial charge is 0.310 e. The summed E-state index contributed by atoms with van der Waals surface area (Å²) >= 11 is 1.88. The predicted octanol–water partition coefficient (Wildman–Crippen LogP) is 19.7. The third-order valence-corrected chi connectivity index (χ3v) is 16.4. The molecule has 1 aliphatic rings. The van der Waals surface area contributed by atoms with Crippen molar-refractivity contribution >= 4 is 59.3 Å². The summed E-state index contributed by atoms with van der Waals surface area (Å²) in [4.78, 5) is 2.46. The molecule has 0 spiro atoms. The molecule has 12 aromatic carbocycles. The lowest BCUT2D eigenvalue weighted by molar-refractivity contribution is 0.769. The number of benzene rings is 12. The minimum atomic E-state index is -0.465. The fourth-order valence-electron chi connectivity index (χ4n) is 11.7. The van der Waals surface area contributed by atoms with E-state index in [1.807, 2.05) is 11.3 Å².